The smallest absolute Gasteiger partial charge is 0.216 e. The lowest BCUT2D eigenvalue weighted by molar-refractivity contribution is 0.0173. The van der Waals surface area contributed by atoms with Gasteiger partial charge in [-0.3, -0.25) is 4.90 Å². The summed E-state index contributed by atoms with van der Waals surface area (Å²) in [6.07, 6.45) is 8.28. The molecule has 31 heavy (non-hydrogen) atoms. The molecule has 8 heteroatoms. The average molecular weight is 547 g/mol. The van der Waals surface area contributed by atoms with E-state index in [1.165, 1.54) is 45.2 Å². The van der Waals surface area contributed by atoms with E-state index in [2.05, 4.69) is 60.2 Å². The molecule has 0 spiro atoms. The third-order valence-corrected chi connectivity index (χ3v) is 6.54. The van der Waals surface area contributed by atoms with Crippen molar-refractivity contribution in [2.45, 2.75) is 77.3 Å². The number of guanidine groups is 1. The number of nitrogens with zero attached hydrogens (tertiary/aromatic N) is 4. The average Bonchev–Trinajstić information content (AvgIpc) is 3.22. The fourth-order valence-corrected chi connectivity index (χ4v) is 4.47. The van der Waals surface area contributed by atoms with Gasteiger partial charge in [0.2, 0.25) is 5.89 Å². The molecule has 3 heterocycles. The number of hydrogen-bond donors (Lipinski definition) is 2. The highest BCUT2D eigenvalue weighted by molar-refractivity contribution is 14.0. The maximum atomic E-state index is 5.91. The van der Waals surface area contributed by atoms with Crippen LogP contribution >= 0.6 is 24.0 Å². The van der Waals surface area contributed by atoms with E-state index in [0.717, 1.165) is 37.9 Å². The van der Waals surface area contributed by atoms with Crippen molar-refractivity contribution in [1.82, 2.24) is 25.4 Å². The van der Waals surface area contributed by atoms with E-state index in [4.69, 9.17) is 9.41 Å². The molecule has 0 atom stereocenters. The first-order valence-corrected chi connectivity index (χ1v) is 11.7. The minimum atomic E-state index is -0.0350. The predicted octanol–water partition coefficient (Wildman–Crippen LogP) is 3.60. The number of rotatable bonds is 6. The Morgan fingerprint density at radius 2 is 1.81 bits per heavy atom. The fraction of sp³-hybridized carbons (Fsp3) is 0.826. The first-order chi connectivity index (χ1) is 14.3. The molecule has 7 nitrogen and oxygen atoms in total. The summed E-state index contributed by atoms with van der Waals surface area (Å²) in [6.45, 7) is 15.5. The summed E-state index contributed by atoms with van der Waals surface area (Å²) in [5.74, 6) is 2.42. The number of halogens is 1. The highest BCUT2D eigenvalue weighted by atomic mass is 127. The number of hydrogen-bond acceptors (Lipinski definition) is 5. The van der Waals surface area contributed by atoms with Crippen molar-refractivity contribution in [2.24, 2.45) is 4.99 Å². The van der Waals surface area contributed by atoms with Crippen molar-refractivity contribution in [3.63, 3.8) is 0 Å². The van der Waals surface area contributed by atoms with Gasteiger partial charge in [0.15, 0.2) is 5.96 Å². The zero-order valence-electron chi connectivity index (χ0n) is 20.2. The van der Waals surface area contributed by atoms with Crippen LogP contribution in [0.25, 0.3) is 0 Å². The molecule has 3 rings (SSSR count). The summed E-state index contributed by atoms with van der Waals surface area (Å²) in [4.78, 5) is 14.4. The SMILES string of the molecule is CCNC(=NCc1ncc(C(C)(C)C)o1)NCC1(N2CCCCC2)CCN(C)CC1.I. The molecule has 0 saturated carbocycles. The van der Waals surface area contributed by atoms with Gasteiger partial charge in [-0.05, 0) is 65.8 Å². The lowest BCUT2D eigenvalue weighted by atomic mass is 9.84. The van der Waals surface area contributed by atoms with Crippen LogP contribution in [-0.4, -0.2) is 72.6 Å². The van der Waals surface area contributed by atoms with Crippen molar-refractivity contribution in [3.8, 4) is 0 Å². The number of piperidine rings is 2. The summed E-state index contributed by atoms with van der Waals surface area (Å²) in [7, 11) is 2.24. The maximum absolute atomic E-state index is 5.91. The summed E-state index contributed by atoms with van der Waals surface area (Å²) in [5.41, 5.74) is 0.193. The molecule has 0 radical (unpaired) electrons. The first-order valence-electron chi connectivity index (χ1n) is 11.7. The molecule has 0 bridgehead atoms. The van der Waals surface area contributed by atoms with Crippen molar-refractivity contribution in [1.29, 1.82) is 0 Å². The van der Waals surface area contributed by atoms with Crippen molar-refractivity contribution in [3.05, 3.63) is 17.8 Å². The van der Waals surface area contributed by atoms with Crippen molar-refractivity contribution >= 4 is 29.9 Å². The van der Waals surface area contributed by atoms with E-state index in [-0.39, 0.29) is 34.9 Å². The molecule has 1 aromatic rings. The van der Waals surface area contributed by atoms with E-state index in [9.17, 15) is 0 Å². The largest absolute Gasteiger partial charge is 0.443 e. The van der Waals surface area contributed by atoms with E-state index >= 15 is 0 Å². The molecule has 2 saturated heterocycles. The Hall–Kier alpha value is -0.870. The molecule has 178 valence electrons. The molecule has 0 amide bonds. The van der Waals surface area contributed by atoms with E-state index in [1.807, 2.05) is 6.20 Å². The van der Waals surface area contributed by atoms with Gasteiger partial charge in [0.05, 0.1) is 6.20 Å². The van der Waals surface area contributed by atoms with Gasteiger partial charge in [-0.15, -0.1) is 24.0 Å². The zero-order valence-corrected chi connectivity index (χ0v) is 22.5. The van der Waals surface area contributed by atoms with Crippen LogP contribution in [0.15, 0.2) is 15.6 Å². The Balaban J connectivity index is 0.00000341. The van der Waals surface area contributed by atoms with Gasteiger partial charge < -0.3 is 20.0 Å². The van der Waals surface area contributed by atoms with Gasteiger partial charge in [-0.2, -0.15) is 0 Å². The Labute approximate surface area is 205 Å². The molecule has 2 aliphatic heterocycles. The van der Waals surface area contributed by atoms with E-state index < -0.39 is 0 Å². The fourth-order valence-electron chi connectivity index (χ4n) is 4.47. The van der Waals surface area contributed by atoms with Crippen molar-refractivity contribution < 1.29 is 4.42 Å². The second kappa shape index (κ2) is 11.8. The standard InChI is InChI=1S/C23H42N6O.HI/c1-6-24-21(26-17-20-25-16-19(30-20)22(2,3)4)27-18-23(10-14-28(5)15-11-23)29-12-8-7-9-13-29;/h16H,6-15,17-18H2,1-5H3,(H2,24,26,27);1H. The quantitative estimate of drug-likeness (QED) is 0.323. The van der Waals surface area contributed by atoms with Gasteiger partial charge >= 0.3 is 0 Å². The number of likely N-dealkylation sites (tertiary alicyclic amines) is 2. The maximum Gasteiger partial charge on any atom is 0.216 e. The number of aliphatic imine (C=N–C) groups is 1. The third kappa shape index (κ3) is 7.32. The number of aromatic nitrogens is 1. The van der Waals surface area contributed by atoms with Crippen LogP contribution in [0.4, 0.5) is 0 Å². The second-order valence-electron chi connectivity index (χ2n) is 9.99. The van der Waals surface area contributed by atoms with Crippen LogP contribution in [0.2, 0.25) is 0 Å². The summed E-state index contributed by atoms with van der Waals surface area (Å²) in [5, 5.41) is 7.06. The van der Waals surface area contributed by atoms with Gasteiger partial charge in [0.25, 0.3) is 0 Å². The van der Waals surface area contributed by atoms with Crippen LogP contribution in [-0.2, 0) is 12.0 Å². The van der Waals surface area contributed by atoms with Gasteiger partial charge in [0.1, 0.15) is 12.3 Å². The van der Waals surface area contributed by atoms with Crippen LogP contribution < -0.4 is 10.6 Å². The first kappa shape index (κ1) is 26.4. The Morgan fingerprint density at radius 3 is 2.39 bits per heavy atom. The Kier molecular flexibility index (Phi) is 10.1. The van der Waals surface area contributed by atoms with Gasteiger partial charge in [-0.25, -0.2) is 9.98 Å². The monoisotopic (exact) mass is 546 g/mol. The molecule has 2 fully saturated rings. The molecule has 0 unspecified atom stereocenters. The van der Waals surface area contributed by atoms with Gasteiger partial charge in [-0.1, -0.05) is 27.2 Å². The molecule has 0 aromatic carbocycles. The lowest BCUT2D eigenvalue weighted by Crippen LogP contribution is -2.62. The van der Waals surface area contributed by atoms with Gasteiger partial charge in [0, 0.05) is 24.0 Å². The van der Waals surface area contributed by atoms with Crippen LogP contribution in [0, 0.1) is 0 Å². The van der Waals surface area contributed by atoms with Crippen LogP contribution in [0.1, 0.15) is 71.5 Å². The van der Waals surface area contributed by atoms with E-state index in [0.29, 0.717) is 12.4 Å². The highest BCUT2D eigenvalue weighted by Crippen LogP contribution is 2.31. The predicted molar refractivity (Wildman–Crippen MR) is 138 cm³/mol. The normalized spacial score (nSPS) is 20.9. The van der Waals surface area contributed by atoms with Crippen LogP contribution in [0.3, 0.4) is 0 Å². The Morgan fingerprint density at radius 1 is 1.13 bits per heavy atom. The highest BCUT2D eigenvalue weighted by Gasteiger charge is 2.39. The lowest BCUT2D eigenvalue weighted by Gasteiger charge is -2.50. The zero-order chi connectivity index (χ0) is 21.6. The Bertz CT molecular complexity index is 684. The van der Waals surface area contributed by atoms with E-state index in [1.54, 1.807) is 0 Å². The minimum absolute atomic E-state index is 0. The molecule has 2 N–H and O–H groups in total. The summed E-state index contributed by atoms with van der Waals surface area (Å²) < 4.78 is 5.91. The molecule has 2 aliphatic rings. The van der Waals surface area contributed by atoms with Crippen LogP contribution in [0.5, 0.6) is 0 Å². The number of nitrogens with one attached hydrogen (secondary N) is 2. The molecule has 0 aliphatic carbocycles. The molecular formula is C23H43IN6O. The molecule has 1 aromatic heterocycles. The van der Waals surface area contributed by atoms with Crippen molar-refractivity contribution in [2.75, 3.05) is 46.3 Å². The minimum Gasteiger partial charge on any atom is -0.443 e. The topological polar surface area (TPSA) is 68.9 Å². The summed E-state index contributed by atoms with van der Waals surface area (Å²) >= 11 is 0. The third-order valence-electron chi connectivity index (χ3n) is 6.54. The molecular weight excluding hydrogens is 503 g/mol. The number of oxazole rings is 1. The summed E-state index contributed by atoms with van der Waals surface area (Å²) in [6, 6.07) is 0. The second-order valence-corrected chi connectivity index (χ2v) is 9.99.